The molecule has 2 heterocycles. The van der Waals surface area contributed by atoms with Crippen molar-refractivity contribution in [3.63, 3.8) is 0 Å². The van der Waals surface area contributed by atoms with Crippen LogP contribution in [0.2, 0.25) is 5.02 Å². The van der Waals surface area contributed by atoms with Crippen LogP contribution in [0.5, 0.6) is 0 Å². The van der Waals surface area contributed by atoms with E-state index in [-0.39, 0.29) is 11.3 Å². The average molecular weight is 486 g/mol. The number of hydrogen-bond donors (Lipinski definition) is 1. The number of halogens is 2. The molecule has 0 bridgehead atoms. The van der Waals surface area contributed by atoms with Crippen molar-refractivity contribution in [3.8, 4) is 11.3 Å². The number of imide groups is 2. The third-order valence-electron chi connectivity index (χ3n) is 4.56. The Morgan fingerprint density at radius 3 is 2.47 bits per heavy atom. The number of aryl methyl sites for hydroxylation is 1. The van der Waals surface area contributed by atoms with E-state index in [0.717, 1.165) is 20.5 Å². The van der Waals surface area contributed by atoms with E-state index in [1.807, 2.05) is 24.3 Å². The lowest BCUT2D eigenvalue weighted by Gasteiger charge is -2.26. The highest BCUT2D eigenvalue weighted by molar-refractivity contribution is 9.10. The molecular weight excluding hydrogens is 472 g/mol. The maximum atomic E-state index is 12.9. The molecule has 2 aromatic carbocycles. The van der Waals surface area contributed by atoms with Gasteiger partial charge in [-0.3, -0.25) is 14.9 Å². The number of hydrogen-bond acceptors (Lipinski definition) is 4. The standard InChI is InChI=1S/C22H14BrClN2O4/c1-12-2-7-15(10-18(12)24)26-21(28)17(20(27)25-22(26)29)11-16-8-9-19(30-16)13-3-5-14(23)6-4-13/h2-11H,1H3,(H,25,27,29). The lowest BCUT2D eigenvalue weighted by Crippen LogP contribution is -2.54. The number of nitrogens with one attached hydrogen (secondary N) is 1. The molecule has 6 nitrogen and oxygen atoms in total. The van der Waals surface area contributed by atoms with Crippen molar-refractivity contribution in [1.82, 2.24) is 5.32 Å². The Hall–Kier alpha value is -3.16. The number of nitrogens with zero attached hydrogens (tertiary/aromatic N) is 1. The van der Waals surface area contributed by atoms with Gasteiger partial charge in [-0.05, 0) is 55.0 Å². The molecule has 0 spiro atoms. The molecule has 4 amide bonds. The minimum Gasteiger partial charge on any atom is -0.457 e. The van der Waals surface area contributed by atoms with E-state index in [2.05, 4.69) is 21.2 Å². The summed E-state index contributed by atoms with van der Waals surface area (Å²) < 4.78 is 6.70. The average Bonchev–Trinajstić information content (AvgIpc) is 3.17. The Balaban J connectivity index is 1.67. The van der Waals surface area contributed by atoms with Gasteiger partial charge in [-0.1, -0.05) is 45.7 Å². The van der Waals surface area contributed by atoms with Crippen LogP contribution in [0.3, 0.4) is 0 Å². The molecule has 0 radical (unpaired) electrons. The molecule has 0 unspecified atom stereocenters. The van der Waals surface area contributed by atoms with Gasteiger partial charge in [0.15, 0.2) is 0 Å². The second-order valence-corrected chi connectivity index (χ2v) is 7.92. The van der Waals surface area contributed by atoms with Crippen molar-refractivity contribution in [2.24, 2.45) is 0 Å². The summed E-state index contributed by atoms with van der Waals surface area (Å²) in [6.45, 7) is 1.80. The van der Waals surface area contributed by atoms with Crippen molar-refractivity contribution >= 4 is 57.1 Å². The van der Waals surface area contributed by atoms with E-state index in [0.29, 0.717) is 16.5 Å². The number of furan rings is 1. The molecule has 1 aliphatic rings. The molecule has 1 saturated heterocycles. The topological polar surface area (TPSA) is 79.6 Å². The number of urea groups is 1. The minimum atomic E-state index is -0.836. The monoisotopic (exact) mass is 484 g/mol. The maximum absolute atomic E-state index is 12.9. The van der Waals surface area contributed by atoms with Gasteiger partial charge in [0, 0.05) is 15.1 Å². The Morgan fingerprint density at radius 1 is 1.03 bits per heavy atom. The molecule has 0 saturated carbocycles. The van der Waals surface area contributed by atoms with Crippen molar-refractivity contribution in [3.05, 3.63) is 81.0 Å². The number of rotatable bonds is 3. The van der Waals surface area contributed by atoms with E-state index >= 15 is 0 Å². The summed E-state index contributed by atoms with van der Waals surface area (Å²) in [4.78, 5) is 38.4. The van der Waals surface area contributed by atoms with Crippen LogP contribution >= 0.6 is 27.5 Å². The van der Waals surface area contributed by atoms with Crippen molar-refractivity contribution in [1.29, 1.82) is 0 Å². The molecule has 30 heavy (non-hydrogen) atoms. The van der Waals surface area contributed by atoms with Gasteiger partial charge in [0.25, 0.3) is 11.8 Å². The Bertz CT molecular complexity index is 1210. The fourth-order valence-electron chi connectivity index (χ4n) is 2.95. The third kappa shape index (κ3) is 3.81. The number of benzene rings is 2. The zero-order valence-corrected chi connectivity index (χ0v) is 18.0. The molecule has 1 aliphatic heterocycles. The van der Waals surface area contributed by atoms with Gasteiger partial charge in [-0.25, -0.2) is 9.69 Å². The van der Waals surface area contributed by atoms with Gasteiger partial charge in [0.1, 0.15) is 17.1 Å². The number of anilines is 1. The van der Waals surface area contributed by atoms with Gasteiger partial charge in [-0.15, -0.1) is 0 Å². The van der Waals surface area contributed by atoms with Crippen molar-refractivity contribution < 1.29 is 18.8 Å². The summed E-state index contributed by atoms with van der Waals surface area (Å²) in [5, 5.41) is 2.58. The highest BCUT2D eigenvalue weighted by Crippen LogP contribution is 2.28. The molecule has 3 aromatic rings. The van der Waals surface area contributed by atoms with Crippen LogP contribution < -0.4 is 10.2 Å². The van der Waals surface area contributed by atoms with Crippen LogP contribution in [-0.2, 0) is 9.59 Å². The van der Waals surface area contributed by atoms with Crippen molar-refractivity contribution in [2.45, 2.75) is 6.92 Å². The third-order valence-corrected chi connectivity index (χ3v) is 5.49. The highest BCUT2D eigenvalue weighted by atomic mass is 79.9. The first-order valence-electron chi connectivity index (χ1n) is 8.87. The molecule has 0 atom stereocenters. The number of carbonyl (C=O) groups is 3. The molecule has 8 heteroatoms. The number of amides is 4. The van der Waals surface area contributed by atoms with Gasteiger partial charge >= 0.3 is 6.03 Å². The van der Waals surface area contributed by atoms with Crippen LogP contribution in [0, 0.1) is 6.92 Å². The molecular formula is C22H14BrClN2O4. The first-order valence-corrected chi connectivity index (χ1v) is 10.0. The van der Waals surface area contributed by atoms with Gasteiger partial charge in [-0.2, -0.15) is 0 Å². The second kappa shape index (κ2) is 7.93. The van der Waals surface area contributed by atoms with Gasteiger partial charge < -0.3 is 4.42 Å². The quantitative estimate of drug-likeness (QED) is 0.401. The predicted molar refractivity (Wildman–Crippen MR) is 117 cm³/mol. The molecule has 0 aliphatic carbocycles. The maximum Gasteiger partial charge on any atom is 0.335 e. The smallest absolute Gasteiger partial charge is 0.335 e. The fourth-order valence-corrected chi connectivity index (χ4v) is 3.39. The first-order chi connectivity index (χ1) is 14.3. The first kappa shape index (κ1) is 20.1. The largest absolute Gasteiger partial charge is 0.457 e. The number of carbonyl (C=O) groups excluding carboxylic acids is 3. The van der Waals surface area contributed by atoms with Crippen LogP contribution in [-0.4, -0.2) is 17.8 Å². The molecule has 1 N–H and O–H groups in total. The van der Waals surface area contributed by atoms with Gasteiger partial charge in [0.2, 0.25) is 0 Å². The summed E-state index contributed by atoms with van der Waals surface area (Å²) in [6.07, 6.45) is 1.31. The van der Waals surface area contributed by atoms with Gasteiger partial charge in [0.05, 0.1) is 5.69 Å². The SMILES string of the molecule is Cc1ccc(N2C(=O)NC(=O)C(=Cc3ccc(-c4ccc(Br)cc4)o3)C2=O)cc1Cl. The van der Waals surface area contributed by atoms with E-state index in [9.17, 15) is 14.4 Å². The van der Waals surface area contributed by atoms with E-state index in [1.165, 1.54) is 12.1 Å². The summed E-state index contributed by atoms with van der Waals surface area (Å²) in [5.74, 6) is -0.662. The molecule has 150 valence electrons. The minimum absolute atomic E-state index is 0.219. The van der Waals surface area contributed by atoms with Crippen LogP contribution in [0.1, 0.15) is 11.3 Å². The summed E-state index contributed by atoms with van der Waals surface area (Å²) >= 11 is 9.50. The highest BCUT2D eigenvalue weighted by Gasteiger charge is 2.37. The second-order valence-electron chi connectivity index (χ2n) is 6.60. The van der Waals surface area contributed by atoms with E-state index in [1.54, 1.807) is 31.2 Å². The summed E-state index contributed by atoms with van der Waals surface area (Å²) in [5.41, 5.74) is 1.69. The zero-order chi connectivity index (χ0) is 21.4. The normalized spacial score (nSPS) is 15.6. The summed E-state index contributed by atoms with van der Waals surface area (Å²) in [7, 11) is 0. The van der Waals surface area contributed by atoms with Crippen LogP contribution in [0.15, 0.2) is 69.1 Å². The number of barbiturate groups is 1. The van der Waals surface area contributed by atoms with Crippen LogP contribution in [0.25, 0.3) is 17.4 Å². The van der Waals surface area contributed by atoms with E-state index in [4.69, 9.17) is 16.0 Å². The fraction of sp³-hybridized carbons (Fsp3) is 0.0455. The zero-order valence-electron chi connectivity index (χ0n) is 15.6. The summed E-state index contributed by atoms with van der Waals surface area (Å²) in [6, 6.07) is 14.8. The molecule has 1 fully saturated rings. The predicted octanol–water partition coefficient (Wildman–Crippen LogP) is 5.34. The van der Waals surface area contributed by atoms with Crippen molar-refractivity contribution in [2.75, 3.05) is 4.90 Å². The Morgan fingerprint density at radius 2 is 1.77 bits per heavy atom. The lowest BCUT2D eigenvalue weighted by molar-refractivity contribution is -0.122. The Labute approximate surface area is 185 Å². The van der Waals surface area contributed by atoms with E-state index < -0.39 is 17.8 Å². The Kier molecular flexibility index (Phi) is 5.32. The molecule has 1 aromatic heterocycles. The lowest BCUT2D eigenvalue weighted by atomic mass is 10.1. The molecule has 4 rings (SSSR count). The van der Waals surface area contributed by atoms with Crippen LogP contribution in [0.4, 0.5) is 10.5 Å².